The van der Waals surface area contributed by atoms with Crippen molar-refractivity contribution in [3.8, 4) is 0 Å². The van der Waals surface area contributed by atoms with Gasteiger partial charge < -0.3 is 4.90 Å². The molecule has 0 amide bonds. The molecule has 2 aromatic rings. The van der Waals surface area contributed by atoms with Crippen LogP contribution in [-0.2, 0) is 10.8 Å². The monoisotopic (exact) mass is 637 g/mol. The maximum absolute atomic E-state index is 7.30. The van der Waals surface area contributed by atoms with Gasteiger partial charge in [0.15, 0.2) is 5.71 Å². The Morgan fingerprint density at radius 2 is 1.60 bits per heavy atom. The van der Waals surface area contributed by atoms with E-state index in [9.17, 15) is 0 Å². The normalized spacial score (nSPS) is 24.4. The number of rotatable bonds is 9. The van der Waals surface area contributed by atoms with Crippen LogP contribution >= 0.6 is 34.8 Å². The minimum atomic E-state index is -0.120. The third-order valence-electron chi connectivity index (χ3n) is 9.87. The number of halogens is 3. The molecular formula is C38H48Cl3N2+. The van der Waals surface area contributed by atoms with Crippen molar-refractivity contribution in [1.82, 2.24) is 0 Å². The van der Waals surface area contributed by atoms with Crippen molar-refractivity contribution in [2.45, 2.75) is 103 Å². The first kappa shape index (κ1) is 32.4. The highest BCUT2D eigenvalue weighted by Crippen LogP contribution is 2.49. The number of hydrogen-bond acceptors (Lipinski definition) is 1. The van der Waals surface area contributed by atoms with Crippen LogP contribution in [0.4, 0.5) is 11.4 Å². The number of nitrogens with zero attached hydrogens (tertiary/aromatic N) is 2. The van der Waals surface area contributed by atoms with Crippen LogP contribution in [0.25, 0.3) is 0 Å². The molecule has 2 heterocycles. The first-order valence-corrected chi connectivity index (χ1v) is 17.5. The Hall–Kier alpha value is -2.00. The van der Waals surface area contributed by atoms with Crippen molar-refractivity contribution in [1.29, 1.82) is 0 Å². The van der Waals surface area contributed by atoms with Gasteiger partial charge in [0.25, 0.3) is 0 Å². The molecule has 0 bridgehead atoms. The van der Waals surface area contributed by atoms with Crippen molar-refractivity contribution in [2.24, 2.45) is 5.92 Å². The Morgan fingerprint density at radius 1 is 0.907 bits per heavy atom. The molecule has 2 nitrogen and oxygen atoms in total. The lowest BCUT2D eigenvalue weighted by atomic mass is 9.79. The van der Waals surface area contributed by atoms with Gasteiger partial charge in [-0.15, -0.1) is 11.6 Å². The predicted molar refractivity (Wildman–Crippen MR) is 188 cm³/mol. The van der Waals surface area contributed by atoms with Gasteiger partial charge in [-0.25, -0.2) is 0 Å². The van der Waals surface area contributed by atoms with Crippen LogP contribution in [0.15, 0.2) is 72.0 Å². The van der Waals surface area contributed by atoms with Crippen LogP contribution in [0.3, 0.4) is 0 Å². The summed E-state index contributed by atoms with van der Waals surface area (Å²) in [4.78, 5) is 2.50. The molecule has 1 unspecified atom stereocenters. The zero-order valence-electron chi connectivity index (χ0n) is 26.8. The fraction of sp³-hybridized carbons (Fsp3) is 0.500. The molecule has 5 heteroatoms. The quantitative estimate of drug-likeness (QED) is 0.196. The minimum Gasteiger partial charge on any atom is -0.344 e. The lowest BCUT2D eigenvalue weighted by Gasteiger charge is -2.29. The van der Waals surface area contributed by atoms with Gasteiger partial charge in [-0.3, -0.25) is 0 Å². The van der Waals surface area contributed by atoms with Gasteiger partial charge in [-0.05, 0) is 87.4 Å². The number of benzene rings is 2. The molecule has 1 saturated carbocycles. The molecule has 0 aromatic heterocycles. The van der Waals surface area contributed by atoms with Gasteiger partial charge in [0.05, 0.1) is 10.8 Å². The zero-order valence-corrected chi connectivity index (χ0v) is 29.1. The Labute approximate surface area is 275 Å². The molecule has 2 aliphatic heterocycles. The molecule has 2 aromatic carbocycles. The lowest BCUT2D eigenvalue weighted by molar-refractivity contribution is -0.438. The molecule has 1 aliphatic carbocycles. The van der Waals surface area contributed by atoms with E-state index in [-0.39, 0.29) is 16.2 Å². The van der Waals surface area contributed by atoms with E-state index in [2.05, 4.69) is 99.6 Å². The summed E-state index contributed by atoms with van der Waals surface area (Å²) in [6.07, 6.45) is 17.4. The van der Waals surface area contributed by atoms with Gasteiger partial charge in [-0.2, -0.15) is 4.58 Å². The first-order valence-electron chi connectivity index (χ1n) is 16.3. The number of hydrogen-bond donors (Lipinski definition) is 0. The molecule has 5 rings (SSSR count). The number of fused-ring (bicyclic) bond motifs is 2. The topological polar surface area (TPSA) is 6.25 Å². The summed E-state index contributed by atoms with van der Waals surface area (Å²) in [6.45, 7) is 15.8. The van der Waals surface area contributed by atoms with Crippen molar-refractivity contribution < 1.29 is 4.58 Å². The summed E-state index contributed by atoms with van der Waals surface area (Å²) in [7, 11) is 0. The van der Waals surface area contributed by atoms with Gasteiger partial charge in [0.1, 0.15) is 6.54 Å². The summed E-state index contributed by atoms with van der Waals surface area (Å²) in [5, 5.41) is 1.58. The fourth-order valence-electron chi connectivity index (χ4n) is 7.28. The minimum absolute atomic E-state index is 0.0155. The molecule has 0 radical (unpaired) electrons. The molecule has 2 atom stereocenters. The summed E-state index contributed by atoms with van der Waals surface area (Å²) in [5.41, 5.74) is 8.96. The van der Waals surface area contributed by atoms with Gasteiger partial charge >= 0.3 is 0 Å². The standard InChI is InChI=1S/C38H48Cl3N2/c1-7-9-22-42-32-18-16-28(39)24-30(32)37(3,4)34(42)20-14-26-12-11-13-27(36(26)41)15-21-35-38(5,6)31-25-29(40)17-19-33(31)43(35)23-10-8-2/h14-21,24-26,36H,7-13,22-23H2,1-6H3/q+1/b20-14+,27-15+,35-21+/t26?,36-/m0/s1. The highest BCUT2D eigenvalue weighted by molar-refractivity contribution is 6.31. The molecule has 3 aliphatic rings. The van der Waals surface area contributed by atoms with Crippen molar-refractivity contribution in [3.05, 3.63) is 93.1 Å². The molecule has 0 N–H and O–H groups in total. The van der Waals surface area contributed by atoms with E-state index < -0.39 is 0 Å². The Balaban J connectivity index is 1.43. The van der Waals surface area contributed by atoms with E-state index in [1.807, 2.05) is 12.1 Å². The second-order valence-corrected chi connectivity index (χ2v) is 14.9. The van der Waals surface area contributed by atoms with Crippen LogP contribution in [0.5, 0.6) is 0 Å². The van der Waals surface area contributed by atoms with Gasteiger partial charge in [0.2, 0.25) is 5.69 Å². The molecule has 43 heavy (non-hydrogen) atoms. The summed E-state index contributed by atoms with van der Waals surface area (Å²) >= 11 is 20.2. The van der Waals surface area contributed by atoms with Crippen LogP contribution < -0.4 is 4.90 Å². The van der Waals surface area contributed by atoms with E-state index in [0.717, 1.165) is 68.1 Å². The lowest BCUT2D eigenvalue weighted by Crippen LogP contribution is -2.29. The number of anilines is 1. The first-order chi connectivity index (χ1) is 20.5. The van der Waals surface area contributed by atoms with Crippen LogP contribution in [0, 0.1) is 5.92 Å². The number of alkyl halides is 1. The predicted octanol–water partition coefficient (Wildman–Crippen LogP) is 11.5. The van der Waals surface area contributed by atoms with Crippen LogP contribution in [-0.4, -0.2) is 28.8 Å². The van der Waals surface area contributed by atoms with E-state index in [4.69, 9.17) is 34.8 Å². The molecule has 1 fully saturated rings. The largest absolute Gasteiger partial charge is 0.344 e. The Bertz CT molecular complexity index is 1480. The van der Waals surface area contributed by atoms with Crippen molar-refractivity contribution in [3.63, 3.8) is 0 Å². The second kappa shape index (κ2) is 13.2. The van der Waals surface area contributed by atoms with E-state index in [1.165, 1.54) is 39.5 Å². The van der Waals surface area contributed by atoms with E-state index in [1.54, 1.807) is 0 Å². The average molecular weight is 639 g/mol. The maximum atomic E-state index is 7.30. The van der Waals surface area contributed by atoms with Gasteiger partial charge in [-0.1, -0.05) is 81.5 Å². The molecule has 0 spiro atoms. The second-order valence-electron chi connectivity index (χ2n) is 13.6. The third kappa shape index (κ3) is 6.27. The molecule has 0 saturated heterocycles. The third-order valence-corrected chi connectivity index (χ3v) is 10.9. The Morgan fingerprint density at radius 3 is 2.33 bits per heavy atom. The van der Waals surface area contributed by atoms with Crippen molar-refractivity contribution >= 4 is 51.9 Å². The summed E-state index contributed by atoms with van der Waals surface area (Å²) in [5.74, 6) is 0.299. The summed E-state index contributed by atoms with van der Waals surface area (Å²) < 4.78 is 2.51. The van der Waals surface area contributed by atoms with E-state index >= 15 is 0 Å². The fourth-order valence-corrected chi connectivity index (χ4v) is 8.02. The number of unbranched alkanes of at least 4 members (excludes halogenated alkanes) is 2. The number of allylic oxidation sites excluding steroid dienone is 6. The van der Waals surface area contributed by atoms with Crippen LogP contribution in [0.2, 0.25) is 10.0 Å². The average Bonchev–Trinajstić information content (AvgIpc) is 3.31. The Kier molecular flexibility index (Phi) is 9.91. The summed E-state index contributed by atoms with van der Waals surface area (Å²) in [6, 6.07) is 12.7. The SMILES string of the molecule is CCCCN1/C(=C/C=C2\CCCC(/C=C/C3=[N+](CCCC)c4ccc(Cl)cc4C3(C)C)[C@@H]2Cl)C(C)(C)c2cc(Cl)ccc21. The van der Waals surface area contributed by atoms with Gasteiger partial charge in [0, 0.05) is 57.5 Å². The maximum Gasteiger partial charge on any atom is 0.209 e. The molecular weight excluding hydrogens is 591 g/mol. The van der Waals surface area contributed by atoms with Crippen LogP contribution in [0.1, 0.15) is 97.6 Å². The highest BCUT2D eigenvalue weighted by atomic mass is 35.5. The van der Waals surface area contributed by atoms with Crippen molar-refractivity contribution in [2.75, 3.05) is 18.0 Å². The zero-order chi connectivity index (χ0) is 30.9. The van der Waals surface area contributed by atoms with E-state index in [0.29, 0.717) is 5.92 Å². The highest BCUT2D eigenvalue weighted by Gasteiger charge is 2.44. The molecule has 230 valence electrons. The smallest absolute Gasteiger partial charge is 0.209 e.